The number of aromatic nitrogens is 3. The second kappa shape index (κ2) is 6.31. The third-order valence-electron chi connectivity index (χ3n) is 3.44. The van der Waals surface area contributed by atoms with E-state index in [-0.39, 0.29) is 11.5 Å². The summed E-state index contributed by atoms with van der Waals surface area (Å²) >= 11 is 0. The maximum atomic E-state index is 12.2. The molecule has 0 amide bonds. The van der Waals surface area contributed by atoms with Gasteiger partial charge >= 0.3 is 0 Å². The third-order valence-corrected chi connectivity index (χ3v) is 3.44. The number of anilines is 1. The Morgan fingerprint density at radius 1 is 1.39 bits per heavy atom. The fraction of sp³-hybridized carbons (Fsp3) is 0.118. The van der Waals surface area contributed by atoms with E-state index in [4.69, 9.17) is 10.2 Å². The maximum Gasteiger partial charge on any atom is 0.251 e. The number of nitrogens with two attached hydrogens (primary N) is 1. The van der Waals surface area contributed by atoms with Crippen molar-refractivity contribution in [3.8, 4) is 22.6 Å². The summed E-state index contributed by atoms with van der Waals surface area (Å²) in [6.07, 6.45) is 7.43. The number of nitrogens with zero attached hydrogens (tertiary/aromatic N) is 3. The van der Waals surface area contributed by atoms with Crippen LogP contribution < -0.4 is 11.3 Å². The van der Waals surface area contributed by atoms with Gasteiger partial charge in [0.25, 0.3) is 5.56 Å². The highest BCUT2D eigenvalue weighted by Gasteiger charge is 2.13. The van der Waals surface area contributed by atoms with Crippen LogP contribution in [0.2, 0.25) is 0 Å². The first kappa shape index (κ1) is 14.8. The Labute approximate surface area is 132 Å². The molecule has 116 valence electrons. The van der Waals surface area contributed by atoms with E-state index in [0.717, 1.165) is 12.0 Å². The maximum absolute atomic E-state index is 12.2. The van der Waals surface area contributed by atoms with Gasteiger partial charge in [0, 0.05) is 30.6 Å². The van der Waals surface area contributed by atoms with Gasteiger partial charge in [-0.3, -0.25) is 4.79 Å². The molecule has 23 heavy (non-hydrogen) atoms. The standard InChI is InChI=1S/C17H16N4O2/c1-2-3-7-21-8-6-12(10-15(21)22)13-11-19-17(18)20-16(13)14-5-4-9-23-14/h2,4-6,8-11H,1,3,7H2,(H2,18,19,20). The quantitative estimate of drug-likeness (QED) is 0.732. The second-order valence-electron chi connectivity index (χ2n) is 4.99. The van der Waals surface area contributed by atoms with Crippen molar-refractivity contribution in [2.24, 2.45) is 0 Å². The summed E-state index contributed by atoms with van der Waals surface area (Å²) in [5.41, 5.74) is 7.57. The highest BCUT2D eigenvalue weighted by molar-refractivity contribution is 5.78. The Bertz CT molecular complexity index is 882. The molecule has 0 saturated heterocycles. The fourth-order valence-corrected chi connectivity index (χ4v) is 2.30. The number of hydrogen-bond donors (Lipinski definition) is 1. The molecule has 3 heterocycles. The third kappa shape index (κ3) is 3.06. The van der Waals surface area contributed by atoms with Crippen molar-refractivity contribution < 1.29 is 4.42 Å². The average Bonchev–Trinajstić information content (AvgIpc) is 3.08. The summed E-state index contributed by atoms with van der Waals surface area (Å²) in [5, 5.41) is 0. The van der Waals surface area contributed by atoms with Gasteiger partial charge in [0.2, 0.25) is 5.95 Å². The Hall–Kier alpha value is -3.15. The van der Waals surface area contributed by atoms with Crippen molar-refractivity contribution in [2.45, 2.75) is 13.0 Å². The summed E-state index contributed by atoms with van der Waals surface area (Å²) in [7, 11) is 0. The molecule has 6 heteroatoms. The number of hydrogen-bond acceptors (Lipinski definition) is 5. The normalized spacial score (nSPS) is 10.6. The van der Waals surface area contributed by atoms with E-state index in [0.29, 0.717) is 23.6 Å². The first-order valence-electron chi connectivity index (χ1n) is 7.17. The highest BCUT2D eigenvalue weighted by atomic mass is 16.3. The second-order valence-corrected chi connectivity index (χ2v) is 4.99. The van der Waals surface area contributed by atoms with E-state index in [1.54, 1.807) is 47.5 Å². The van der Waals surface area contributed by atoms with Crippen LogP contribution in [0.25, 0.3) is 22.6 Å². The molecule has 3 rings (SSSR count). The first-order chi connectivity index (χ1) is 11.2. The van der Waals surface area contributed by atoms with E-state index in [1.165, 1.54) is 0 Å². The summed E-state index contributed by atoms with van der Waals surface area (Å²) in [6, 6.07) is 6.97. The van der Waals surface area contributed by atoms with Gasteiger partial charge in [0.15, 0.2) is 5.76 Å². The van der Waals surface area contributed by atoms with Gasteiger partial charge in [-0.15, -0.1) is 6.58 Å². The number of rotatable bonds is 5. The Morgan fingerprint density at radius 3 is 2.96 bits per heavy atom. The van der Waals surface area contributed by atoms with Crippen LogP contribution in [0, 0.1) is 0 Å². The van der Waals surface area contributed by atoms with Crippen LogP contribution in [0.15, 0.2) is 64.8 Å². The lowest BCUT2D eigenvalue weighted by Gasteiger charge is -2.09. The van der Waals surface area contributed by atoms with Gasteiger partial charge in [-0.1, -0.05) is 6.08 Å². The van der Waals surface area contributed by atoms with E-state index >= 15 is 0 Å². The van der Waals surface area contributed by atoms with E-state index in [9.17, 15) is 4.79 Å². The molecule has 0 bridgehead atoms. The zero-order valence-corrected chi connectivity index (χ0v) is 12.5. The summed E-state index contributed by atoms with van der Waals surface area (Å²) in [6.45, 7) is 4.27. The zero-order valence-electron chi connectivity index (χ0n) is 12.5. The number of aryl methyl sites for hydroxylation is 1. The van der Waals surface area contributed by atoms with Crippen LogP contribution in [0.4, 0.5) is 5.95 Å². The Morgan fingerprint density at radius 2 is 2.26 bits per heavy atom. The molecular formula is C17H16N4O2. The molecule has 0 atom stereocenters. The summed E-state index contributed by atoms with van der Waals surface area (Å²) in [4.78, 5) is 20.5. The van der Waals surface area contributed by atoms with Gasteiger partial charge in [-0.2, -0.15) is 0 Å². The SMILES string of the molecule is C=CCCn1ccc(-c2cnc(N)nc2-c2ccco2)cc1=O. The Kier molecular flexibility index (Phi) is 4.05. The van der Waals surface area contributed by atoms with E-state index < -0.39 is 0 Å². The number of furan rings is 1. The highest BCUT2D eigenvalue weighted by Crippen LogP contribution is 2.29. The monoisotopic (exact) mass is 308 g/mol. The van der Waals surface area contributed by atoms with Crippen LogP contribution in [0.3, 0.4) is 0 Å². The molecule has 0 aromatic carbocycles. The molecule has 0 spiro atoms. The summed E-state index contributed by atoms with van der Waals surface area (Å²) < 4.78 is 7.04. The largest absolute Gasteiger partial charge is 0.463 e. The minimum atomic E-state index is -0.0911. The molecular weight excluding hydrogens is 292 g/mol. The van der Waals surface area contributed by atoms with Crippen molar-refractivity contribution in [2.75, 3.05) is 5.73 Å². The predicted octanol–water partition coefficient (Wildman–Crippen LogP) is 2.72. The molecule has 3 aromatic heterocycles. The van der Waals surface area contributed by atoms with Crippen molar-refractivity contribution in [1.82, 2.24) is 14.5 Å². The number of allylic oxidation sites excluding steroid dienone is 1. The minimum absolute atomic E-state index is 0.0911. The first-order valence-corrected chi connectivity index (χ1v) is 7.17. The van der Waals surface area contributed by atoms with E-state index in [2.05, 4.69) is 16.5 Å². The predicted molar refractivity (Wildman–Crippen MR) is 88.7 cm³/mol. The molecule has 3 aromatic rings. The summed E-state index contributed by atoms with van der Waals surface area (Å²) in [5.74, 6) is 0.726. The molecule has 0 aliphatic rings. The van der Waals surface area contributed by atoms with Crippen LogP contribution in [0.5, 0.6) is 0 Å². The lowest BCUT2D eigenvalue weighted by molar-refractivity contribution is 0.580. The van der Waals surface area contributed by atoms with Gasteiger partial charge in [0.05, 0.1) is 6.26 Å². The van der Waals surface area contributed by atoms with Crippen LogP contribution >= 0.6 is 0 Å². The van der Waals surface area contributed by atoms with Gasteiger partial charge in [0.1, 0.15) is 5.69 Å². The van der Waals surface area contributed by atoms with Crippen molar-refractivity contribution in [1.29, 1.82) is 0 Å². The van der Waals surface area contributed by atoms with Crippen LogP contribution in [0.1, 0.15) is 6.42 Å². The van der Waals surface area contributed by atoms with E-state index in [1.807, 2.05) is 6.07 Å². The molecule has 6 nitrogen and oxygen atoms in total. The molecule has 2 N–H and O–H groups in total. The minimum Gasteiger partial charge on any atom is -0.463 e. The molecule has 0 unspecified atom stereocenters. The number of nitrogen functional groups attached to an aromatic ring is 1. The Balaban J connectivity index is 2.07. The molecule has 0 aliphatic heterocycles. The van der Waals surface area contributed by atoms with Crippen LogP contribution in [-0.2, 0) is 6.54 Å². The van der Waals surface area contributed by atoms with Crippen LogP contribution in [-0.4, -0.2) is 14.5 Å². The van der Waals surface area contributed by atoms with Crippen molar-refractivity contribution in [3.63, 3.8) is 0 Å². The molecule has 0 radical (unpaired) electrons. The average molecular weight is 308 g/mol. The zero-order chi connectivity index (χ0) is 16.2. The smallest absolute Gasteiger partial charge is 0.251 e. The topological polar surface area (TPSA) is 86.9 Å². The van der Waals surface area contributed by atoms with Crippen molar-refractivity contribution in [3.05, 3.63) is 65.9 Å². The molecule has 0 aliphatic carbocycles. The lowest BCUT2D eigenvalue weighted by atomic mass is 10.1. The number of pyridine rings is 1. The molecule has 0 fully saturated rings. The lowest BCUT2D eigenvalue weighted by Crippen LogP contribution is -2.18. The van der Waals surface area contributed by atoms with Gasteiger partial charge in [-0.05, 0) is 30.2 Å². The van der Waals surface area contributed by atoms with Gasteiger partial charge < -0.3 is 14.7 Å². The van der Waals surface area contributed by atoms with Gasteiger partial charge in [-0.25, -0.2) is 9.97 Å². The van der Waals surface area contributed by atoms with Crippen molar-refractivity contribution >= 4 is 5.95 Å². The fourth-order valence-electron chi connectivity index (χ4n) is 2.30. The molecule has 0 saturated carbocycles.